The molecular weight excluding hydrogens is 558 g/mol. The quantitative estimate of drug-likeness (QED) is 0.236. The maximum atomic E-state index is 13.6. The standard InChI is InChI=1S/C27H23BrClN5OS/c1-16-6-5-8-21(14-16)31-25(35)23-17(2)30-26-32-27(36-15-19-7-3-4-9-22(19)29)33-34(26)24(23)18-10-12-20(28)13-11-18/h3-14,24H,15H2,1-2H3,(H,31,35)(H,30,32,33). The lowest BCUT2D eigenvalue weighted by atomic mass is 9.95. The molecule has 0 saturated carbocycles. The Morgan fingerprint density at radius 1 is 1.11 bits per heavy atom. The first-order valence-electron chi connectivity index (χ1n) is 11.3. The van der Waals surface area contributed by atoms with Gasteiger partial charge in [-0.05, 0) is 60.9 Å². The number of hydrogen-bond acceptors (Lipinski definition) is 5. The molecule has 0 fully saturated rings. The lowest BCUT2D eigenvalue weighted by Gasteiger charge is -2.28. The Hall–Kier alpha value is -3.07. The first kappa shape index (κ1) is 24.6. The zero-order valence-electron chi connectivity index (χ0n) is 19.6. The lowest BCUT2D eigenvalue weighted by Crippen LogP contribution is -2.31. The van der Waals surface area contributed by atoms with Gasteiger partial charge in [0.15, 0.2) is 0 Å². The van der Waals surface area contributed by atoms with Crippen LogP contribution in [0.2, 0.25) is 5.02 Å². The van der Waals surface area contributed by atoms with Crippen LogP contribution >= 0.6 is 39.3 Å². The second-order valence-electron chi connectivity index (χ2n) is 8.48. The molecule has 1 aliphatic heterocycles. The van der Waals surface area contributed by atoms with Gasteiger partial charge in [0, 0.05) is 26.6 Å². The van der Waals surface area contributed by atoms with E-state index < -0.39 is 6.04 Å². The highest BCUT2D eigenvalue weighted by molar-refractivity contribution is 9.10. The molecule has 9 heteroatoms. The van der Waals surface area contributed by atoms with Crippen molar-refractivity contribution in [3.8, 4) is 0 Å². The molecule has 1 aliphatic rings. The van der Waals surface area contributed by atoms with Gasteiger partial charge in [0.05, 0.1) is 5.57 Å². The van der Waals surface area contributed by atoms with E-state index in [4.69, 9.17) is 21.7 Å². The molecule has 1 amide bonds. The highest BCUT2D eigenvalue weighted by Gasteiger charge is 2.34. The van der Waals surface area contributed by atoms with Gasteiger partial charge in [-0.2, -0.15) is 4.98 Å². The number of aryl methyl sites for hydroxylation is 1. The van der Waals surface area contributed by atoms with E-state index in [-0.39, 0.29) is 5.91 Å². The molecule has 1 atom stereocenters. The Bertz CT molecular complexity index is 1470. The first-order valence-corrected chi connectivity index (χ1v) is 13.5. The van der Waals surface area contributed by atoms with Gasteiger partial charge in [-0.1, -0.05) is 81.8 Å². The Balaban J connectivity index is 1.49. The summed E-state index contributed by atoms with van der Waals surface area (Å²) in [7, 11) is 0. The maximum absolute atomic E-state index is 13.6. The number of benzene rings is 3. The largest absolute Gasteiger partial charge is 0.328 e. The summed E-state index contributed by atoms with van der Waals surface area (Å²) in [6.07, 6.45) is 0. The molecule has 0 saturated heterocycles. The van der Waals surface area contributed by atoms with Gasteiger partial charge in [-0.15, -0.1) is 5.10 Å². The number of amides is 1. The second kappa shape index (κ2) is 10.5. The SMILES string of the molecule is CC1=C(C(=O)Nc2cccc(C)c2)C(c2ccc(Br)cc2)n2nc(SCc3ccccc3Cl)nc2N1. The summed E-state index contributed by atoms with van der Waals surface area (Å²) in [4.78, 5) is 18.3. The summed E-state index contributed by atoms with van der Waals surface area (Å²) < 4.78 is 2.75. The summed E-state index contributed by atoms with van der Waals surface area (Å²) in [5.74, 6) is 1.04. The van der Waals surface area contributed by atoms with E-state index in [1.165, 1.54) is 11.8 Å². The topological polar surface area (TPSA) is 71.8 Å². The van der Waals surface area contributed by atoms with E-state index in [2.05, 4.69) is 26.6 Å². The first-order chi connectivity index (χ1) is 17.4. The molecule has 0 radical (unpaired) electrons. The van der Waals surface area contributed by atoms with Crippen molar-refractivity contribution in [1.82, 2.24) is 14.8 Å². The Morgan fingerprint density at radius 2 is 1.89 bits per heavy atom. The zero-order valence-corrected chi connectivity index (χ0v) is 22.8. The number of carbonyl (C=O) groups is 1. The molecule has 2 N–H and O–H groups in total. The third-order valence-electron chi connectivity index (χ3n) is 5.85. The Morgan fingerprint density at radius 3 is 2.64 bits per heavy atom. The number of halogens is 2. The second-order valence-corrected chi connectivity index (χ2v) is 10.7. The van der Waals surface area contributed by atoms with Crippen molar-refractivity contribution < 1.29 is 4.79 Å². The van der Waals surface area contributed by atoms with Crippen LogP contribution in [-0.2, 0) is 10.5 Å². The Labute approximate surface area is 227 Å². The number of rotatable bonds is 6. The minimum Gasteiger partial charge on any atom is -0.328 e. The van der Waals surface area contributed by atoms with Gasteiger partial charge in [0.2, 0.25) is 11.1 Å². The molecule has 6 nitrogen and oxygen atoms in total. The van der Waals surface area contributed by atoms with Crippen LogP contribution in [0.15, 0.2) is 93.7 Å². The van der Waals surface area contributed by atoms with Crippen molar-refractivity contribution in [3.05, 3.63) is 110 Å². The fraction of sp³-hybridized carbons (Fsp3) is 0.148. The fourth-order valence-corrected chi connectivity index (χ4v) is 5.50. The average Bonchev–Trinajstić information content (AvgIpc) is 3.25. The molecule has 4 aromatic rings. The van der Waals surface area contributed by atoms with Crippen molar-refractivity contribution in [1.29, 1.82) is 0 Å². The summed E-state index contributed by atoms with van der Waals surface area (Å²) >= 11 is 11.3. The van der Waals surface area contributed by atoms with Crippen molar-refractivity contribution in [2.75, 3.05) is 10.6 Å². The summed E-state index contributed by atoms with van der Waals surface area (Å²) in [5, 5.41) is 12.5. The van der Waals surface area contributed by atoms with Crippen LogP contribution in [0.1, 0.15) is 29.7 Å². The van der Waals surface area contributed by atoms with Crippen molar-refractivity contribution in [3.63, 3.8) is 0 Å². The molecule has 36 heavy (non-hydrogen) atoms. The third-order valence-corrected chi connectivity index (χ3v) is 7.64. The summed E-state index contributed by atoms with van der Waals surface area (Å²) in [6.45, 7) is 3.89. The van der Waals surface area contributed by atoms with Crippen LogP contribution in [-0.4, -0.2) is 20.7 Å². The van der Waals surface area contributed by atoms with E-state index in [0.717, 1.165) is 32.5 Å². The van der Waals surface area contributed by atoms with E-state index in [0.29, 0.717) is 27.5 Å². The van der Waals surface area contributed by atoms with E-state index in [1.54, 1.807) is 4.68 Å². The van der Waals surface area contributed by atoms with Crippen LogP contribution < -0.4 is 10.6 Å². The molecule has 0 bridgehead atoms. The number of hydrogen-bond donors (Lipinski definition) is 2. The van der Waals surface area contributed by atoms with Gasteiger partial charge in [-0.25, -0.2) is 4.68 Å². The molecule has 0 spiro atoms. The molecule has 0 aliphatic carbocycles. The molecule has 1 aromatic heterocycles. The van der Waals surface area contributed by atoms with Gasteiger partial charge < -0.3 is 10.6 Å². The van der Waals surface area contributed by atoms with E-state index in [9.17, 15) is 4.79 Å². The van der Waals surface area contributed by atoms with Crippen LogP contribution in [0.4, 0.5) is 11.6 Å². The average molecular weight is 581 g/mol. The normalized spacial score (nSPS) is 14.8. The van der Waals surface area contributed by atoms with Gasteiger partial charge >= 0.3 is 0 Å². The Kier molecular flexibility index (Phi) is 7.18. The molecule has 2 heterocycles. The summed E-state index contributed by atoms with van der Waals surface area (Å²) in [5.41, 5.74) is 5.08. The fourth-order valence-electron chi connectivity index (χ4n) is 4.12. The lowest BCUT2D eigenvalue weighted by molar-refractivity contribution is -0.113. The number of fused-ring (bicyclic) bond motifs is 1. The predicted octanol–water partition coefficient (Wildman–Crippen LogP) is 7.22. The number of thioether (sulfide) groups is 1. The van der Waals surface area contributed by atoms with E-state index in [1.807, 2.05) is 86.6 Å². The van der Waals surface area contributed by atoms with Crippen molar-refractivity contribution >= 4 is 56.8 Å². The molecule has 3 aromatic carbocycles. The van der Waals surface area contributed by atoms with E-state index >= 15 is 0 Å². The van der Waals surface area contributed by atoms with Crippen molar-refractivity contribution in [2.45, 2.75) is 30.8 Å². The van der Waals surface area contributed by atoms with Crippen molar-refractivity contribution in [2.24, 2.45) is 0 Å². The number of carbonyl (C=O) groups excluding carboxylic acids is 1. The van der Waals surface area contributed by atoms with Crippen LogP contribution in [0, 0.1) is 6.92 Å². The number of allylic oxidation sites excluding steroid dienone is 1. The molecule has 182 valence electrons. The monoisotopic (exact) mass is 579 g/mol. The van der Waals surface area contributed by atoms with Gasteiger partial charge in [0.25, 0.3) is 5.91 Å². The zero-order chi connectivity index (χ0) is 25.2. The number of anilines is 2. The highest BCUT2D eigenvalue weighted by atomic mass is 79.9. The minimum atomic E-state index is -0.443. The van der Waals surface area contributed by atoms with Gasteiger partial charge in [-0.3, -0.25) is 4.79 Å². The molecule has 1 unspecified atom stereocenters. The number of nitrogens with zero attached hydrogens (tertiary/aromatic N) is 3. The summed E-state index contributed by atoms with van der Waals surface area (Å²) in [6, 6.07) is 23.0. The minimum absolute atomic E-state index is 0.190. The molecular formula is C27H23BrClN5OS. The maximum Gasteiger partial charge on any atom is 0.255 e. The van der Waals surface area contributed by atoms with Crippen LogP contribution in [0.25, 0.3) is 0 Å². The van der Waals surface area contributed by atoms with Crippen LogP contribution in [0.5, 0.6) is 0 Å². The highest BCUT2D eigenvalue weighted by Crippen LogP contribution is 2.37. The third kappa shape index (κ3) is 5.21. The van der Waals surface area contributed by atoms with Crippen LogP contribution in [0.3, 0.4) is 0 Å². The predicted molar refractivity (Wildman–Crippen MR) is 149 cm³/mol. The number of nitrogens with one attached hydrogen (secondary N) is 2. The van der Waals surface area contributed by atoms with Gasteiger partial charge in [0.1, 0.15) is 6.04 Å². The number of aromatic nitrogens is 3. The molecule has 5 rings (SSSR count). The smallest absolute Gasteiger partial charge is 0.255 e.